The molecule has 0 bridgehead atoms. The molecule has 33 nitrogen and oxygen atoms in total. The van der Waals surface area contributed by atoms with Crippen molar-refractivity contribution in [1.82, 2.24) is 0 Å². The van der Waals surface area contributed by atoms with Crippen molar-refractivity contribution in [2.75, 3.05) is 47.4 Å². The van der Waals surface area contributed by atoms with Gasteiger partial charge in [0.1, 0.15) is 31.7 Å². The molecule has 0 radical (unpaired) electrons. The second-order valence-corrected chi connectivity index (χ2v) is 31.2. The van der Waals surface area contributed by atoms with Gasteiger partial charge in [0.25, 0.3) is 11.4 Å². The van der Waals surface area contributed by atoms with E-state index in [1.54, 1.807) is 72.8 Å². The molecule has 4 aliphatic carbocycles. The summed E-state index contributed by atoms with van der Waals surface area (Å²) in [4.78, 5) is 135. The van der Waals surface area contributed by atoms with Crippen LogP contribution in [0.15, 0.2) is 212 Å². The van der Waals surface area contributed by atoms with Gasteiger partial charge in [-0.2, -0.15) is 0 Å². The summed E-state index contributed by atoms with van der Waals surface area (Å²) in [6, 6.07) is 48.2. The van der Waals surface area contributed by atoms with E-state index >= 15 is 0 Å². The number of anilines is 5. The number of fused-ring (bicyclic) bond motifs is 5. The van der Waals surface area contributed by atoms with Crippen LogP contribution < -0.4 is 69.5 Å². The van der Waals surface area contributed by atoms with E-state index in [1.165, 1.54) is 162 Å². The highest BCUT2D eigenvalue weighted by Gasteiger charge is 2.59. The number of hydrogen-bond acceptors (Lipinski definition) is 21. The molecule has 0 aliphatic heterocycles. The van der Waals surface area contributed by atoms with E-state index in [0.717, 1.165) is 60.3 Å². The fraction of sp³-hybridized carbons (Fsp3) is 0.326. The molecule has 8 aromatic carbocycles. The topological polar surface area (TPSA) is 512 Å². The highest BCUT2D eigenvalue weighted by molar-refractivity contribution is 5.98. The Morgan fingerprint density at radius 1 is 0.504 bits per heavy atom. The molecule has 12 rings (SSSR count). The van der Waals surface area contributed by atoms with Crippen molar-refractivity contribution in [3.8, 4) is 17.2 Å². The lowest BCUT2D eigenvalue weighted by Gasteiger charge is -2.58. The van der Waals surface area contributed by atoms with Crippen molar-refractivity contribution in [2.45, 2.75) is 125 Å². The monoisotopic (exact) mass is 1710 g/mol. The van der Waals surface area contributed by atoms with Crippen LogP contribution in [0.5, 0.6) is 17.2 Å². The third kappa shape index (κ3) is 28.2. The minimum absolute atomic E-state index is 0.105. The molecule has 4 aliphatic rings. The number of nitro benzene ring substituents is 2. The first kappa shape index (κ1) is 95.8. The largest absolute Gasteiger partial charge is 0.493 e. The van der Waals surface area contributed by atoms with E-state index < -0.39 is 69.8 Å². The molecule has 0 heterocycles. The number of carbonyl (C=O) groups is 10. The molecule has 660 valence electrons. The number of nitrogens with one attached hydrogen (secondary N) is 5. The molecule has 15 N–H and O–H groups in total. The summed E-state index contributed by atoms with van der Waals surface area (Å²) in [7, 11) is 2.73. The van der Waals surface area contributed by atoms with Gasteiger partial charge in [0, 0.05) is 74.8 Å². The van der Waals surface area contributed by atoms with E-state index in [9.17, 15) is 68.2 Å². The minimum Gasteiger partial charge on any atom is -0.493 e. The predicted molar refractivity (Wildman–Crippen MR) is 470 cm³/mol. The van der Waals surface area contributed by atoms with Gasteiger partial charge in [-0.25, -0.2) is 24.0 Å². The number of primary amides is 5. The Labute approximate surface area is 723 Å². The fourth-order valence-electron chi connectivity index (χ4n) is 16.3. The number of benzene rings is 8. The van der Waals surface area contributed by atoms with Crippen LogP contribution in [0.3, 0.4) is 0 Å². The summed E-state index contributed by atoms with van der Waals surface area (Å²) < 4.78 is 35.8. The van der Waals surface area contributed by atoms with Gasteiger partial charge in [0.05, 0.1) is 35.7 Å². The number of nitrogens with two attached hydrogens (primary N) is 5. The molecular formula is C92H106N12O21. The zero-order valence-electron chi connectivity index (χ0n) is 70.6. The second-order valence-electron chi connectivity index (χ2n) is 31.2. The third-order valence-electron chi connectivity index (χ3n) is 22.4. The Hall–Kier alpha value is -14.7. The zero-order valence-corrected chi connectivity index (χ0v) is 70.6. The molecule has 10 amide bonds. The van der Waals surface area contributed by atoms with Crippen LogP contribution in [0.2, 0.25) is 0 Å². The fourth-order valence-corrected chi connectivity index (χ4v) is 16.3. The maximum Gasteiger partial charge on any atom is 0.417 e. The summed E-state index contributed by atoms with van der Waals surface area (Å²) in [5.41, 5.74) is 32.4. The van der Waals surface area contributed by atoms with Gasteiger partial charge < -0.3 is 61.8 Å². The number of ether oxygens (including phenoxy) is 7. The maximum absolute atomic E-state index is 12.7. The van der Waals surface area contributed by atoms with E-state index in [-0.39, 0.29) is 82.3 Å². The number of rotatable bonds is 27. The van der Waals surface area contributed by atoms with Crippen LogP contribution in [0.1, 0.15) is 168 Å². The molecule has 8 aromatic rings. The first-order chi connectivity index (χ1) is 59.6. The van der Waals surface area contributed by atoms with Crippen molar-refractivity contribution in [3.63, 3.8) is 0 Å². The van der Waals surface area contributed by atoms with Crippen molar-refractivity contribution in [1.29, 1.82) is 0 Å². The van der Waals surface area contributed by atoms with Gasteiger partial charge in [0.2, 0.25) is 29.5 Å². The quantitative estimate of drug-likeness (QED) is 0.00989. The predicted octanol–water partition coefficient (Wildman–Crippen LogP) is 17.6. The average Bonchev–Trinajstić information content (AvgIpc) is 1.63. The van der Waals surface area contributed by atoms with Gasteiger partial charge in [-0.15, -0.1) is 0 Å². The molecular weight excluding hydrogens is 1610 g/mol. The summed E-state index contributed by atoms with van der Waals surface area (Å²) in [5, 5.41) is 34.4. The second kappa shape index (κ2) is 45.8. The van der Waals surface area contributed by atoms with Crippen LogP contribution in [0.25, 0.3) is 0 Å². The number of nitrogens with zero attached hydrogens (tertiary/aromatic N) is 2. The Kier molecular flexibility index (Phi) is 35.1. The number of carbonyl (C=O) groups excluding carboxylic acids is 10. The number of allylic oxidation sites excluding steroid dienone is 1. The highest BCUT2D eigenvalue weighted by Crippen LogP contribution is 2.67. The molecule has 0 aromatic heterocycles. The lowest BCUT2D eigenvalue weighted by molar-refractivity contribution is -0.385. The van der Waals surface area contributed by atoms with Gasteiger partial charge >= 0.3 is 30.5 Å². The summed E-state index contributed by atoms with van der Waals surface area (Å²) >= 11 is 0. The number of methoxy groups -OCH3 is 2. The highest BCUT2D eigenvalue weighted by atomic mass is 16.6. The first-order valence-corrected chi connectivity index (χ1v) is 40.4. The Bertz CT molecular complexity index is 5220. The zero-order chi connectivity index (χ0) is 91.1. The first-order valence-electron chi connectivity index (χ1n) is 40.4. The summed E-state index contributed by atoms with van der Waals surface area (Å²) in [6.07, 6.45) is 14.3. The van der Waals surface area contributed by atoms with Crippen LogP contribution >= 0.6 is 0 Å². The van der Waals surface area contributed by atoms with E-state index in [1.807, 2.05) is 30.3 Å². The Morgan fingerprint density at radius 3 is 1.41 bits per heavy atom. The van der Waals surface area contributed by atoms with Crippen molar-refractivity contribution in [2.24, 2.45) is 75.0 Å². The van der Waals surface area contributed by atoms with Crippen LogP contribution in [0, 0.1) is 66.6 Å². The van der Waals surface area contributed by atoms with E-state index in [0.29, 0.717) is 44.9 Å². The molecule has 8 atom stereocenters. The molecule has 3 fully saturated rings. The molecule has 0 spiro atoms. The summed E-state index contributed by atoms with van der Waals surface area (Å²) in [6.45, 7) is 15.8. The van der Waals surface area contributed by atoms with Crippen LogP contribution in [-0.4, -0.2) is 96.8 Å². The average molecular weight is 1720 g/mol. The number of amides is 10. The lowest BCUT2D eigenvalue weighted by Crippen LogP contribution is -2.51. The molecule has 1 unspecified atom stereocenters. The minimum atomic E-state index is -0.860. The van der Waals surface area contributed by atoms with Gasteiger partial charge in [-0.05, 0) is 206 Å². The normalized spacial score (nSPS) is 18.0. The smallest absolute Gasteiger partial charge is 0.417 e. The maximum atomic E-state index is 12.7. The standard InChI is InChI=1S/C35H52N2O3.C17H17N3O7.C15H14N2O3.C14H11N3O5.C11H12N2O3/c1-22(2)8-6-9-23(3)29-14-15-30-28-13-12-25-21-27(16-18-34(25,4)31(28)17-19-35(29,30)5)40-33(39)37-26-11-7-10-24(20-26)32(36)38;1-25-14-7-11(13(20(23)24)8-15(14)26-2)9-27-17(22)19-12-5-3-4-10(6-12)16(18)21;16-14(18)12-7-4-8-13(9-12)17-15(19)20-10-11-5-2-1-3-6-11;15-13(18)9-2-1-3-10(8-9)16-14(19)22-12-6-4-11(5-7-12)17(20)21;1-2-6-16-11(15)13-9-5-3-4-8(7-9)10(12)14/h7,10-12,20,22-23,27-31H,6,8-9,13-19,21H2,1-5H3,(H2,36,38)(H,37,39);3-8H,9H2,1-2H3,(H2,18,21)(H,19,22);1-9H,10H2,(H2,16,18)(H,17,19);1-8H,(H2,15,18)(H,16,19);2-5,7H,1,6H2,(H2,12,14)(H,13,15)/t23-,27?,28+,29-,30+,31+,34+,35-;;;;/m1..../s1. The van der Waals surface area contributed by atoms with E-state index in [4.69, 9.17) is 61.8 Å². The van der Waals surface area contributed by atoms with Crippen molar-refractivity contribution >= 4 is 99.8 Å². The van der Waals surface area contributed by atoms with Gasteiger partial charge in [0.15, 0.2) is 11.5 Å². The molecule has 33 heteroatoms. The molecule has 125 heavy (non-hydrogen) atoms. The SMILES string of the molecule is C=CCOC(=O)Nc1cccc(C(N)=O)c1.CC(C)CCC[C@@H](C)[C@H]1CC[C@H]2[C@@H]3CC=C4CC(OC(=O)Nc5cccc(C(N)=O)c5)CC[C@]4(C)[C@H]3CC[C@]12C.COc1cc(COC(=O)Nc2cccc(C(N)=O)c2)c([N+](=O)[O-])cc1OC.NC(=O)c1cccc(NC(=O)OCc2ccccc2)c1.NC(=O)c1cccc(NC(=O)Oc2ccc([N+](=O)[O-])cc2)c1. The molecule has 3 saturated carbocycles. The summed E-state index contributed by atoms with van der Waals surface area (Å²) in [5.74, 6) is 2.66. The molecule has 0 saturated heterocycles. The van der Waals surface area contributed by atoms with Crippen molar-refractivity contribution < 1.29 is 91.0 Å². The third-order valence-corrected chi connectivity index (χ3v) is 22.4. The number of non-ortho nitro benzene ring substituents is 1. The van der Waals surface area contributed by atoms with Gasteiger partial charge in [-0.1, -0.05) is 139 Å². The van der Waals surface area contributed by atoms with Crippen LogP contribution in [-0.2, 0) is 32.2 Å². The Morgan fingerprint density at radius 2 is 0.960 bits per heavy atom. The van der Waals surface area contributed by atoms with Crippen molar-refractivity contribution in [3.05, 3.63) is 272 Å². The Balaban J connectivity index is 0.000000201. The number of hydrogen-bond donors (Lipinski definition) is 10. The lowest BCUT2D eigenvalue weighted by atomic mass is 9.47. The number of nitro groups is 2. The van der Waals surface area contributed by atoms with Crippen LogP contribution in [0.4, 0.5) is 63.8 Å². The van der Waals surface area contributed by atoms with Gasteiger partial charge in [-0.3, -0.25) is 70.8 Å². The van der Waals surface area contributed by atoms with E-state index in [2.05, 4.69) is 73.9 Å².